The van der Waals surface area contributed by atoms with Crippen LogP contribution in [0.3, 0.4) is 0 Å². The minimum absolute atomic E-state index is 0.145. The first-order valence-electron chi connectivity index (χ1n) is 24.1. The monoisotopic (exact) mass is 1020 g/mol. The zero-order chi connectivity index (χ0) is 51.7. The number of nitrogens with zero attached hydrogens (tertiary/aromatic N) is 3. The van der Waals surface area contributed by atoms with Gasteiger partial charge in [-0.1, -0.05) is 85.6 Å². The van der Waals surface area contributed by atoms with Gasteiger partial charge >= 0.3 is 11.9 Å². The summed E-state index contributed by atoms with van der Waals surface area (Å²) in [6, 6.07) is 39.4. The zero-order valence-electron chi connectivity index (χ0n) is 41.8. The molecule has 1 aliphatic carbocycles. The van der Waals surface area contributed by atoms with Crippen molar-refractivity contribution in [2.75, 3.05) is 43.2 Å². The van der Waals surface area contributed by atoms with Crippen molar-refractivity contribution in [3.05, 3.63) is 179 Å². The Balaban J connectivity index is 1.20. The molecule has 0 unspecified atom stereocenters. The molecule has 0 radical (unpaired) electrons. The van der Waals surface area contributed by atoms with E-state index in [1.54, 1.807) is 6.07 Å². The standard InChI is InChI=1S/C58H57N3O10S2/c1-38(62)68-34-32-59-50-28-20-42-36-46(72-71-70-67-7)24-26-48(42)54(50)57(3,4)52(59)30-22-40-18-19-41(56(40)61(44-14-10-8-11-15-44)45-16-12-9-13-17-45)23-31-53-58(5,6)55-49-27-25-47(73(64,65)66)37-43(49)21-29-51(55)60(53)33-35-69-39(2)63/h8-17,20-31,36-37H,18-19,32-35H2,1-7H3. The van der Waals surface area contributed by atoms with Gasteiger partial charge < -0.3 is 23.8 Å². The van der Waals surface area contributed by atoms with Gasteiger partial charge in [0.2, 0.25) is 5.69 Å². The van der Waals surface area contributed by atoms with Crippen LogP contribution in [0.25, 0.3) is 21.5 Å². The average molecular weight is 1020 g/mol. The molecule has 6 aromatic carbocycles. The maximum absolute atomic E-state index is 12.1. The van der Waals surface area contributed by atoms with Crippen molar-refractivity contribution in [3.8, 4) is 0 Å². The molecule has 0 spiro atoms. The van der Waals surface area contributed by atoms with Crippen LogP contribution in [0, 0.1) is 0 Å². The van der Waals surface area contributed by atoms with Crippen molar-refractivity contribution >= 4 is 84.1 Å². The molecule has 0 fully saturated rings. The molecule has 2 heterocycles. The van der Waals surface area contributed by atoms with E-state index in [1.165, 1.54) is 33.1 Å². The number of ether oxygens (including phenoxy) is 2. The third-order valence-corrected chi connectivity index (χ3v) is 15.2. The number of benzene rings is 6. The lowest BCUT2D eigenvalue weighted by Gasteiger charge is -2.29. The van der Waals surface area contributed by atoms with Crippen LogP contribution < -0.4 is 9.80 Å². The van der Waals surface area contributed by atoms with Gasteiger partial charge in [0.05, 0.1) is 41.7 Å². The summed E-state index contributed by atoms with van der Waals surface area (Å²) < 4.78 is 54.7. The second-order valence-electron chi connectivity index (χ2n) is 19.1. The highest BCUT2D eigenvalue weighted by Crippen LogP contribution is 2.52. The molecule has 3 aliphatic rings. The lowest BCUT2D eigenvalue weighted by atomic mass is 9.79. The molecule has 0 saturated carbocycles. The van der Waals surface area contributed by atoms with Crippen molar-refractivity contribution < 1.29 is 50.9 Å². The number of rotatable bonds is 17. The van der Waals surface area contributed by atoms with Crippen molar-refractivity contribution in [2.24, 2.45) is 0 Å². The molecule has 6 aromatic rings. The van der Waals surface area contributed by atoms with Gasteiger partial charge in [-0.25, -0.2) is 13.3 Å². The molecular formula is C58H57N3O10S2. The second-order valence-corrected chi connectivity index (χ2v) is 21.3. The zero-order valence-corrected chi connectivity index (χ0v) is 43.5. The Morgan fingerprint density at radius 1 is 0.753 bits per heavy atom. The third kappa shape index (κ3) is 10.3. The van der Waals surface area contributed by atoms with Crippen LogP contribution >= 0.6 is 12.0 Å². The highest BCUT2D eigenvalue weighted by molar-refractivity contribution is 7.94. The minimum atomic E-state index is -4.68. The van der Waals surface area contributed by atoms with Crippen LogP contribution in [0.5, 0.6) is 0 Å². The summed E-state index contributed by atoms with van der Waals surface area (Å²) in [5.41, 5.74) is 10.2. The fourth-order valence-corrected chi connectivity index (χ4v) is 11.7. The number of allylic oxidation sites excluding steroid dienone is 7. The lowest BCUT2D eigenvalue weighted by Crippen LogP contribution is -2.29. The van der Waals surface area contributed by atoms with Crippen LogP contribution in [0.4, 0.5) is 22.7 Å². The van der Waals surface area contributed by atoms with Crippen molar-refractivity contribution in [3.63, 3.8) is 0 Å². The first kappa shape index (κ1) is 51.1. The number of hydrogen-bond acceptors (Lipinski definition) is 13. The highest BCUT2D eigenvalue weighted by Gasteiger charge is 2.46. The highest BCUT2D eigenvalue weighted by atomic mass is 32.2. The molecule has 0 aromatic heterocycles. The summed E-state index contributed by atoms with van der Waals surface area (Å²) in [5.74, 6) is -0.717. The Labute approximate surface area is 430 Å². The van der Waals surface area contributed by atoms with Crippen LogP contribution in [0.2, 0.25) is 0 Å². The summed E-state index contributed by atoms with van der Waals surface area (Å²) in [5, 5.41) is 8.24. The van der Waals surface area contributed by atoms with E-state index >= 15 is 0 Å². The van der Waals surface area contributed by atoms with Gasteiger partial charge in [-0.3, -0.25) is 9.59 Å². The van der Waals surface area contributed by atoms with Crippen molar-refractivity contribution in [2.45, 2.75) is 75.0 Å². The fraction of sp³-hybridized carbons (Fsp3) is 0.259. The molecule has 15 heteroatoms. The van der Waals surface area contributed by atoms with Gasteiger partial charge in [0.25, 0.3) is 0 Å². The van der Waals surface area contributed by atoms with Crippen LogP contribution in [-0.2, 0) is 54.3 Å². The Morgan fingerprint density at radius 3 is 2.07 bits per heavy atom. The topological polar surface area (TPSA) is 147 Å². The number of carbonyl (C=O) groups is 2. The molecule has 13 nitrogen and oxygen atoms in total. The van der Waals surface area contributed by atoms with E-state index in [-0.39, 0.29) is 30.0 Å². The summed E-state index contributed by atoms with van der Waals surface area (Å²) >= 11 is 1.06. The molecule has 0 atom stereocenters. The number of hydrogen-bond donors (Lipinski definition) is 0. The SMILES string of the molecule is COOOSc1ccc2c3c(ccc2c1)[N+](CCOC(C)=O)=C(/C=C/C1=C(N(c2ccccc2)c2ccccc2)C(=C/C=C2/N(CCOC(C)=O)c4ccc5cc(S(=O)(=O)[O-])ccc5c4C2(C)C)/CC1)C3(C)C. The molecule has 376 valence electrons. The van der Waals surface area contributed by atoms with E-state index in [0.717, 1.165) is 108 Å². The Hall–Kier alpha value is -6.85. The average Bonchev–Trinajstić information content (AvgIpc) is 3.93. The fourth-order valence-electron chi connectivity index (χ4n) is 10.7. The van der Waals surface area contributed by atoms with E-state index in [4.69, 9.17) is 13.8 Å². The predicted octanol–water partition coefficient (Wildman–Crippen LogP) is 12.0. The van der Waals surface area contributed by atoms with Gasteiger partial charge in [0, 0.05) is 64.6 Å². The number of esters is 2. The smallest absolute Gasteiger partial charge is 0.302 e. The second kappa shape index (κ2) is 20.9. The van der Waals surface area contributed by atoms with Crippen molar-refractivity contribution in [1.82, 2.24) is 0 Å². The van der Waals surface area contributed by atoms with Gasteiger partial charge in [0.1, 0.15) is 16.7 Å². The minimum Gasteiger partial charge on any atom is -0.744 e. The lowest BCUT2D eigenvalue weighted by molar-refractivity contribution is -0.447. The number of anilines is 3. The van der Waals surface area contributed by atoms with Crippen LogP contribution in [-0.4, -0.2) is 68.6 Å². The van der Waals surface area contributed by atoms with Crippen molar-refractivity contribution in [1.29, 1.82) is 0 Å². The van der Waals surface area contributed by atoms with Crippen LogP contribution in [0.15, 0.2) is 178 Å². The molecule has 0 bridgehead atoms. The molecule has 2 aliphatic heterocycles. The van der Waals surface area contributed by atoms with Gasteiger partial charge in [-0.2, -0.15) is 4.58 Å². The third-order valence-electron chi connectivity index (χ3n) is 13.8. The molecule has 0 amide bonds. The quantitative estimate of drug-likeness (QED) is 0.0162. The van der Waals surface area contributed by atoms with Crippen LogP contribution in [0.1, 0.15) is 65.5 Å². The first-order chi connectivity index (χ1) is 35.0. The van der Waals surface area contributed by atoms with E-state index in [1.807, 2.05) is 54.6 Å². The predicted molar refractivity (Wildman–Crippen MR) is 284 cm³/mol. The Bertz CT molecular complexity index is 3380. The van der Waals surface area contributed by atoms with E-state index < -0.39 is 20.9 Å². The first-order valence-corrected chi connectivity index (χ1v) is 26.2. The normalized spacial score (nSPS) is 17.1. The Kier molecular flexibility index (Phi) is 14.6. The van der Waals surface area contributed by atoms with E-state index in [2.05, 4.69) is 125 Å². The van der Waals surface area contributed by atoms with Gasteiger partial charge in [-0.15, -0.1) is 4.33 Å². The summed E-state index contributed by atoms with van der Waals surface area (Å²) in [4.78, 5) is 33.8. The van der Waals surface area contributed by atoms with Gasteiger partial charge in [-0.05, 0) is 132 Å². The Morgan fingerprint density at radius 2 is 1.40 bits per heavy atom. The number of carbonyl (C=O) groups excluding carboxylic acids is 2. The van der Waals surface area contributed by atoms with E-state index in [9.17, 15) is 22.6 Å². The van der Waals surface area contributed by atoms with E-state index in [0.29, 0.717) is 18.5 Å². The maximum Gasteiger partial charge on any atom is 0.302 e. The largest absolute Gasteiger partial charge is 0.744 e. The summed E-state index contributed by atoms with van der Waals surface area (Å²) in [6.07, 6.45) is 10.3. The molecule has 9 rings (SSSR count). The molecule has 73 heavy (non-hydrogen) atoms. The molecule has 0 N–H and O–H groups in total. The maximum atomic E-state index is 12.1. The molecule has 0 saturated heterocycles. The summed E-state index contributed by atoms with van der Waals surface area (Å²) in [6.45, 7) is 12.7. The number of para-hydroxylation sites is 2. The van der Waals surface area contributed by atoms with Gasteiger partial charge in [0.15, 0.2) is 18.9 Å². The summed E-state index contributed by atoms with van der Waals surface area (Å²) in [7, 11) is -3.30. The molecular weight excluding hydrogens is 963 g/mol. The number of fused-ring (bicyclic) bond motifs is 6.